The number of rotatable bonds is 8. The Balaban J connectivity index is 2.82. The van der Waals surface area contributed by atoms with Crippen LogP contribution in [0.3, 0.4) is 0 Å². The first-order valence-electron chi connectivity index (χ1n) is 6.06. The maximum atomic E-state index is 10.7. The smallest absolute Gasteiger partial charge is 0.220 e. The van der Waals surface area contributed by atoms with Crippen molar-refractivity contribution in [2.24, 2.45) is 5.73 Å². The third-order valence-corrected chi connectivity index (χ3v) is 3.05. The lowest BCUT2D eigenvalue weighted by atomic mass is 10.2. The molecule has 6 heteroatoms. The topological polar surface area (TPSA) is 73.6 Å². The van der Waals surface area contributed by atoms with Crippen molar-refractivity contribution in [2.75, 3.05) is 20.3 Å². The molecular weight excluding hydrogens is 312 g/mol. The van der Waals surface area contributed by atoms with E-state index in [1.807, 2.05) is 19.1 Å². The van der Waals surface area contributed by atoms with E-state index >= 15 is 0 Å². The molecule has 0 unspecified atom stereocenters. The minimum Gasteiger partial charge on any atom is -0.493 e. The molecule has 0 atom stereocenters. The highest BCUT2D eigenvalue weighted by Crippen LogP contribution is 2.36. The molecule has 1 rings (SSSR count). The second-order valence-corrected chi connectivity index (χ2v) is 4.81. The van der Waals surface area contributed by atoms with Gasteiger partial charge < -0.3 is 20.5 Å². The third kappa shape index (κ3) is 5.08. The molecule has 0 aliphatic carbocycles. The van der Waals surface area contributed by atoms with Gasteiger partial charge in [0.15, 0.2) is 11.5 Å². The Bertz CT molecular complexity index is 438. The molecule has 0 aromatic heterocycles. The van der Waals surface area contributed by atoms with Crippen molar-refractivity contribution in [1.29, 1.82) is 0 Å². The van der Waals surface area contributed by atoms with Crippen LogP contribution in [0.5, 0.6) is 11.5 Å². The first-order valence-corrected chi connectivity index (χ1v) is 6.86. The van der Waals surface area contributed by atoms with Crippen LogP contribution in [0.1, 0.15) is 18.9 Å². The molecule has 19 heavy (non-hydrogen) atoms. The fraction of sp³-hybridized carbons (Fsp3) is 0.462. The number of primary amides is 1. The molecule has 106 valence electrons. The monoisotopic (exact) mass is 330 g/mol. The Hall–Kier alpha value is -1.27. The molecule has 0 radical (unpaired) electrons. The fourth-order valence-corrected chi connectivity index (χ4v) is 2.14. The van der Waals surface area contributed by atoms with Gasteiger partial charge in [-0.25, -0.2) is 0 Å². The Morgan fingerprint density at radius 2 is 2.21 bits per heavy atom. The number of hydrogen-bond acceptors (Lipinski definition) is 4. The number of ether oxygens (including phenoxy) is 2. The molecule has 0 heterocycles. The van der Waals surface area contributed by atoms with Crippen LogP contribution in [0.15, 0.2) is 16.6 Å². The summed E-state index contributed by atoms with van der Waals surface area (Å²) in [5.74, 6) is 0.828. The normalized spacial score (nSPS) is 10.3. The van der Waals surface area contributed by atoms with Crippen molar-refractivity contribution >= 4 is 21.8 Å². The van der Waals surface area contributed by atoms with Crippen molar-refractivity contribution < 1.29 is 14.3 Å². The van der Waals surface area contributed by atoms with Gasteiger partial charge in [-0.3, -0.25) is 4.79 Å². The Labute approximate surface area is 121 Å². The van der Waals surface area contributed by atoms with E-state index in [1.165, 1.54) is 0 Å². The first kappa shape index (κ1) is 15.8. The van der Waals surface area contributed by atoms with Crippen LogP contribution < -0.4 is 20.5 Å². The minimum atomic E-state index is -0.390. The highest BCUT2D eigenvalue weighted by atomic mass is 79.9. The summed E-state index contributed by atoms with van der Waals surface area (Å²) in [5.41, 5.74) is 6.16. The van der Waals surface area contributed by atoms with Crippen LogP contribution >= 0.6 is 15.9 Å². The van der Waals surface area contributed by atoms with Gasteiger partial charge in [-0.1, -0.05) is 6.92 Å². The number of nitrogens with two attached hydrogens (primary N) is 1. The second kappa shape index (κ2) is 8.01. The molecule has 1 aromatic carbocycles. The van der Waals surface area contributed by atoms with Gasteiger partial charge in [0.1, 0.15) is 0 Å². The zero-order valence-electron chi connectivity index (χ0n) is 11.2. The molecule has 0 spiro atoms. The number of benzene rings is 1. The van der Waals surface area contributed by atoms with Gasteiger partial charge >= 0.3 is 0 Å². The predicted octanol–water partition coefficient (Wildman–Crippen LogP) is 1.82. The largest absolute Gasteiger partial charge is 0.493 e. The van der Waals surface area contributed by atoms with Crippen molar-refractivity contribution in [2.45, 2.75) is 19.9 Å². The number of amides is 1. The summed E-state index contributed by atoms with van der Waals surface area (Å²) in [4.78, 5) is 10.7. The Morgan fingerprint density at radius 3 is 2.79 bits per heavy atom. The highest BCUT2D eigenvalue weighted by molar-refractivity contribution is 9.10. The molecular formula is C13H19BrN2O3. The summed E-state index contributed by atoms with van der Waals surface area (Å²) in [6.07, 6.45) is 0.175. The van der Waals surface area contributed by atoms with Crippen molar-refractivity contribution in [3.63, 3.8) is 0 Å². The zero-order valence-corrected chi connectivity index (χ0v) is 12.7. The standard InChI is InChI=1S/C13H19BrN2O3/c1-3-16-8-9-6-10(14)13(11(7-9)18-2)19-5-4-12(15)17/h6-7,16H,3-5,8H2,1-2H3,(H2,15,17). The summed E-state index contributed by atoms with van der Waals surface area (Å²) in [6, 6.07) is 3.87. The Morgan fingerprint density at radius 1 is 1.47 bits per heavy atom. The lowest BCUT2D eigenvalue weighted by Gasteiger charge is -2.14. The molecule has 0 bridgehead atoms. The molecule has 5 nitrogen and oxygen atoms in total. The summed E-state index contributed by atoms with van der Waals surface area (Å²) >= 11 is 3.45. The van der Waals surface area contributed by atoms with E-state index in [2.05, 4.69) is 21.2 Å². The fourth-order valence-electron chi connectivity index (χ4n) is 1.54. The van der Waals surface area contributed by atoms with E-state index < -0.39 is 0 Å². The van der Waals surface area contributed by atoms with Crippen LogP contribution in [0.2, 0.25) is 0 Å². The quantitative estimate of drug-likeness (QED) is 0.762. The Kier molecular flexibility index (Phi) is 6.66. The van der Waals surface area contributed by atoms with E-state index in [0.717, 1.165) is 23.1 Å². The summed E-state index contributed by atoms with van der Waals surface area (Å²) < 4.78 is 11.6. The van der Waals surface area contributed by atoms with Crippen molar-refractivity contribution in [3.05, 3.63) is 22.2 Å². The van der Waals surface area contributed by atoms with Crippen molar-refractivity contribution in [3.8, 4) is 11.5 Å². The predicted molar refractivity (Wildman–Crippen MR) is 77.4 cm³/mol. The maximum absolute atomic E-state index is 10.7. The lowest BCUT2D eigenvalue weighted by Crippen LogP contribution is -2.15. The molecule has 0 saturated carbocycles. The van der Waals surface area contributed by atoms with Crippen LogP contribution in [0.4, 0.5) is 0 Å². The van der Waals surface area contributed by atoms with E-state index in [1.54, 1.807) is 7.11 Å². The van der Waals surface area contributed by atoms with Gasteiger partial charge in [0.25, 0.3) is 0 Å². The lowest BCUT2D eigenvalue weighted by molar-refractivity contribution is -0.118. The van der Waals surface area contributed by atoms with Crippen LogP contribution in [-0.4, -0.2) is 26.2 Å². The van der Waals surface area contributed by atoms with E-state index in [-0.39, 0.29) is 18.9 Å². The molecule has 0 aliphatic rings. The van der Waals surface area contributed by atoms with E-state index in [9.17, 15) is 4.79 Å². The number of halogens is 1. The summed E-state index contributed by atoms with van der Waals surface area (Å²) in [5, 5.41) is 3.24. The average Bonchev–Trinajstić information content (AvgIpc) is 2.37. The maximum Gasteiger partial charge on any atom is 0.220 e. The SMILES string of the molecule is CCNCc1cc(Br)c(OCCC(N)=O)c(OC)c1. The average molecular weight is 331 g/mol. The van der Waals surface area contributed by atoms with Gasteiger partial charge in [-0.15, -0.1) is 0 Å². The van der Waals surface area contributed by atoms with Gasteiger partial charge in [0.05, 0.1) is 24.6 Å². The molecule has 3 N–H and O–H groups in total. The summed E-state index contributed by atoms with van der Waals surface area (Å²) in [6.45, 7) is 3.94. The number of carbonyl (C=O) groups is 1. The number of nitrogens with one attached hydrogen (secondary N) is 1. The van der Waals surface area contributed by atoms with Crippen LogP contribution in [-0.2, 0) is 11.3 Å². The number of carbonyl (C=O) groups excluding carboxylic acids is 1. The molecule has 1 amide bonds. The van der Waals surface area contributed by atoms with Crippen LogP contribution in [0.25, 0.3) is 0 Å². The van der Waals surface area contributed by atoms with Crippen LogP contribution in [0, 0.1) is 0 Å². The summed E-state index contributed by atoms with van der Waals surface area (Å²) in [7, 11) is 1.58. The van der Waals surface area contributed by atoms with E-state index in [4.69, 9.17) is 15.2 Å². The van der Waals surface area contributed by atoms with Gasteiger partial charge in [0.2, 0.25) is 5.91 Å². The first-order chi connectivity index (χ1) is 9.08. The van der Waals surface area contributed by atoms with E-state index in [0.29, 0.717) is 11.5 Å². The molecule has 0 aliphatic heterocycles. The third-order valence-electron chi connectivity index (χ3n) is 2.46. The van der Waals surface area contributed by atoms with Gasteiger partial charge in [0, 0.05) is 6.54 Å². The number of hydrogen-bond donors (Lipinski definition) is 2. The number of methoxy groups -OCH3 is 1. The molecule has 1 aromatic rings. The van der Waals surface area contributed by atoms with Gasteiger partial charge in [-0.05, 0) is 40.2 Å². The zero-order chi connectivity index (χ0) is 14.3. The molecule has 0 saturated heterocycles. The van der Waals surface area contributed by atoms with Crippen molar-refractivity contribution in [1.82, 2.24) is 5.32 Å². The molecule has 0 fully saturated rings. The minimum absolute atomic E-state index is 0.175. The highest BCUT2D eigenvalue weighted by Gasteiger charge is 2.12. The van der Waals surface area contributed by atoms with Gasteiger partial charge in [-0.2, -0.15) is 0 Å². The second-order valence-electron chi connectivity index (χ2n) is 3.95.